The van der Waals surface area contributed by atoms with Gasteiger partial charge in [0, 0.05) is 0 Å². The molecular weight excluding hydrogens is 340 g/mol. The zero-order chi connectivity index (χ0) is 9.78. The average molecular weight is 347 g/mol. The van der Waals surface area contributed by atoms with Crippen LogP contribution in [0.2, 0.25) is 3.93 Å². The zero-order valence-electron chi connectivity index (χ0n) is 6.33. The van der Waals surface area contributed by atoms with Crippen LogP contribution >= 0.6 is 0 Å². The van der Waals surface area contributed by atoms with E-state index in [1.165, 1.54) is 18.9 Å². The monoisotopic (exact) mass is 348 g/mol. The molecule has 0 aliphatic carbocycles. The number of aldehydes is 2. The number of rotatable bonds is 5. The van der Waals surface area contributed by atoms with Crippen molar-refractivity contribution in [1.82, 2.24) is 0 Å². The van der Waals surface area contributed by atoms with E-state index in [4.69, 9.17) is 0 Å². The first-order valence-electron chi connectivity index (χ1n) is 3.10. The van der Waals surface area contributed by atoms with E-state index in [1.807, 2.05) is 0 Å². The molecule has 0 aromatic heterocycles. The van der Waals surface area contributed by atoms with E-state index in [-0.39, 0.29) is 6.29 Å². The molecule has 12 heavy (non-hydrogen) atoms. The number of carbonyl (C=O) groups is 4. The first-order valence-corrected chi connectivity index (χ1v) is 4.29. The third kappa shape index (κ3) is 2.16. The van der Waals surface area contributed by atoms with Crippen LogP contribution in [-0.4, -0.2) is 24.1 Å². The predicted molar refractivity (Wildman–Crippen MR) is 35.1 cm³/mol. The molecule has 0 bridgehead atoms. The molecule has 0 heterocycles. The molecule has 1 atom stereocenters. The second kappa shape index (κ2) is 4.38. The molecular formula is C7H7IrO4. The van der Waals surface area contributed by atoms with E-state index < -0.39 is 21.9 Å². The number of hydrogen-bond donors (Lipinski definition) is 0. The number of Topliss-reactive ketones (excluding diaryl/α,β-unsaturated/α-hetero) is 2. The quantitative estimate of drug-likeness (QED) is 0.503. The van der Waals surface area contributed by atoms with Gasteiger partial charge in [-0.25, -0.2) is 0 Å². The SMILES string of the molecule is CC(=O)[C]([Ir])(C=O)C(=O)CC=O. The Bertz CT molecular complexity index is 236. The van der Waals surface area contributed by atoms with E-state index in [2.05, 4.69) is 0 Å². The minimum absolute atomic E-state index is 0.279. The maximum absolute atomic E-state index is 11.1. The van der Waals surface area contributed by atoms with Gasteiger partial charge in [0.15, 0.2) is 0 Å². The van der Waals surface area contributed by atoms with Crippen molar-refractivity contribution in [2.45, 2.75) is 17.3 Å². The topological polar surface area (TPSA) is 68.3 Å². The first kappa shape index (κ1) is 11.3. The van der Waals surface area contributed by atoms with Crippen LogP contribution in [0.5, 0.6) is 0 Å². The number of hydrogen-bond acceptors (Lipinski definition) is 4. The summed E-state index contributed by atoms with van der Waals surface area (Å²) in [6.07, 6.45) is 0.267. The van der Waals surface area contributed by atoms with Crippen LogP contribution in [-0.2, 0) is 38.1 Å². The summed E-state index contributed by atoms with van der Waals surface area (Å²) in [6.45, 7) is 1.15. The van der Waals surface area contributed by atoms with Crippen LogP contribution in [0.1, 0.15) is 13.3 Å². The van der Waals surface area contributed by atoms with Crippen molar-refractivity contribution in [3.63, 3.8) is 0 Å². The van der Waals surface area contributed by atoms with Crippen molar-refractivity contribution >= 4 is 24.1 Å². The van der Waals surface area contributed by atoms with Crippen LogP contribution in [0.25, 0.3) is 0 Å². The van der Waals surface area contributed by atoms with Crippen LogP contribution in [0.15, 0.2) is 0 Å². The molecule has 4 nitrogen and oxygen atoms in total. The van der Waals surface area contributed by atoms with E-state index in [9.17, 15) is 19.2 Å². The van der Waals surface area contributed by atoms with Gasteiger partial charge in [-0.2, -0.15) is 0 Å². The van der Waals surface area contributed by atoms with Crippen molar-refractivity contribution in [3.8, 4) is 0 Å². The van der Waals surface area contributed by atoms with Crippen LogP contribution in [0, 0.1) is 0 Å². The Morgan fingerprint density at radius 2 is 1.92 bits per heavy atom. The summed E-state index contributed by atoms with van der Waals surface area (Å²) in [5.74, 6) is -1.19. The predicted octanol–water partition coefficient (Wildman–Crippen LogP) is -0.362. The molecule has 1 unspecified atom stereocenters. The molecule has 0 N–H and O–H groups in total. The summed E-state index contributed by atoms with van der Waals surface area (Å²) in [5.41, 5.74) is 0. The molecule has 0 saturated heterocycles. The number of ketones is 2. The fourth-order valence-electron chi connectivity index (χ4n) is 0.565. The Hall–Kier alpha value is -0.671. The summed E-state index contributed by atoms with van der Waals surface area (Å²) < 4.78 is -1.64. The van der Waals surface area contributed by atoms with Crippen molar-refractivity contribution in [3.05, 3.63) is 0 Å². The average Bonchev–Trinajstić information content (AvgIpc) is 2.03. The second-order valence-corrected chi connectivity index (χ2v) is 4.03. The van der Waals surface area contributed by atoms with Gasteiger partial charge in [-0.3, -0.25) is 0 Å². The van der Waals surface area contributed by atoms with E-state index >= 15 is 0 Å². The van der Waals surface area contributed by atoms with Crippen LogP contribution in [0.3, 0.4) is 0 Å². The molecule has 0 fully saturated rings. The van der Waals surface area contributed by atoms with Crippen molar-refractivity contribution < 1.29 is 38.1 Å². The standard InChI is InChI=1S/C7H7O4.Ir/c1-5(10)6(4-9)7(11)2-3-8;/h3-4H,2H2,1H3;. The Morgan fingerprint density at radius 3 is 2.17 bits per heavy atom. The minimum atomic E-state index is -1.64. The summed E-state index contributed by atoms with van der Waals surface area (Å²) in [4.78, 5) is 42.3. The zero-order valence-corrected chi connectivity index (χ0v) is 8.72. The summed E-state index contributed by atoms with van der Waals surface area (Å²) in [6, 6.07) is 0. The van der Waals surface area contributed by atoms with Gasteiger partial charge in [-0.05, 0) is 0 Å². The van der Waals surface area contributed by atoms with Crippen LogP contribution in [0.4, 0.5) is 0 Å². The van der Waals surface area contributed by atoms with E-state index in [0.29, 0.717) is 6.29 Å². The van der Waals surface area contributed by atoms with Crippen molar-refractivity contribution in [2.75, 3.05) is 0 Å². The first-order chi connectivity index (χ1) is 5.49. The van der Waals surface area contributed by atoms with Crippen molar-refractivity contribution in [2.24, 2.45) is 0 Å². The molecule has 5 heteroatoms. The van der Waals surface area contributed by atoms with E-state index in [1.54, 1.807) is 0 Å². The maximum atomic E-state index is 11.1. The molecule has 0 aliphatic rings. The Kier molecular flexibility index (Phi) is 4.13. The van der Waals surface area contributed by atoms with Crippen LogP contribution < -0.4 is 0 Å². The normalized spacial score (nSPS) is 14.6. The molecule has 0 spiro atoms. The summed E-state index contributed by atoms with van der Waals surface area (Å²) in [7, 11) is 0. The Morgan fingerprint density at radius 1 is 1.42 bits per heavy atom. The third-order valence-corrected chi connectivity index (χ3v) is 3.11. The Balaban J connectivity index is 4.74. The third-order valence-electron chi connectivity index (χ3n) is 1.32. The Labute approximate surface area is 79.9 Å². The van der Waals surface area contributed by atoms with Gasteiger partial charge in [-0.15, -0.1) is 0 Å². The van der Waals surface area contributed by atoms with Gasteiger partial charge < -0.3 is 0 Å². The fourth-order valence-corrected chi connectivity index (χ4v) is 0.809. The molecule has 0 rings (SSSR count). The van der Waals surface area contributed by atoms with E-state index in [0.717, 1.165) is 6.92 Å². The van der Waals surface area contributed by atoms with Crippen molar-refractivity contribution in [1.29, 1.82) is 0 Å². The molecule has 68 valence electrons. The summed E-state index contributed by atoms with van der Waals surface area (Å²) >= 11 is 1.22. The van der Waals surface area contributed by atoms with Gasteiger partial charge >= 0.3 is 79.5 Å². The molecule has 0 aromatic carbocycles. The molecule has 0 saturated carbocycles. The molecule has 0 aliphatic heterocycles. The summed E-state index contributed by atoms with van der Waals surface area (Å²) in [5, 5.41) is 0. The van der Waals surface area contributed by atoms with Gasteiger partial charge in [0.2, 0.25) is 0 Å². The molecule has 0 amide bonds. The van der Waals surface area contributed by atoms with Gasteiger partial charge in [-0.1, -0.05) is 0 Å². The van der Waals surface area contributed by atoms with Gasteiger partial charge in [0.1, 0.15) is 0 Å². The molecule has 0 aromatic rings. The second-order valence-electron chi connectivity index (χ2n) is 2.14. The molecule has 0 radical (unpaired) electrons. The van der Waals surface area contributed by atoms with Gasteiger partial charge in [0.25, 0.3) is 0 Å². The number of carbonyl (C=O) groups excluding carboxylic acids is 4. The fraction of sp³-hybridized carbons (Fsp3) is 0.429. The van der Waals surface area contributed by atoms with Gasteiger partial charge in [0.05, 0.1) is 0 Å².